The average molecular weight is 100 g/mol. The molecule has 37 valence electrons. The van der Waals surface area contributed by atoms with Gasteiger partial charge in [0.05, 0.1) is 0 Å². The van der Waals surface area contributed by atoms with Crippen LogP contribution in [0.25, 0.3) is 0 Å². The second kappa shape index (κ2) is 1.26. The van der Waals surface area contributed by atoms with Crippen LogP contribution in [0.5, 0.6) is 5.88 Å². The molecule has 3 heteroatoms. The molecular formula is C4H3FNO. The van der Waals surface area contributed by atoms with E-state index in [0.717, 1.165) is 12.3 Å². The summed E-state index contributed by atoms with van der Waals surface area (Å²) in [4.78, 5) is 0.0278. The van der Waals surface area contributed by atoms with Gasteiger partial charge >= 0.3 is 0 Å². The lowest BCUT2D eigenvalue weighted by Gasteiger charge is -1.77. The van der Waals surface area contributed by atoms with Crippen LogP contribution in [0.3, 0.4) is 0 Å². The van der Waals surface area contributed by atoms with Crippen molar-refractivity contribution in [3.63, 3.8) is 0 Å². The average Bonchev–Trinajstić information content (AvgIpc) is 1.91. The number of hydrogen-bond acceptors (Lipinski definition) is 0. The number of rotatable bonds is 0. The first-order valence-corrected chi connectivity index (χ1v) is 1.81. The zero-order chi connectivity index (χ0) is 5.28. The Hall–Kier alpha value is -0.990. The van der Waals surface area contributed by atoms with E-state index in [9.17, 15) is 9.59 Å². The fourth-order valence-electron chi connectivity index (χ4n) is 0.346. The molecule has 1 aromatic rings. The second-order valence-electron chi connectivity index (χ2n) is 1.16. The molecule has 0 atom stereocenters. The highest BCUT2D eigenvalue weighted by Gasteiger charge is 1.93. The van der Waals surface area contributed by atoms with Crippen LogP contribution in [-0.2, 0) is 5.11 Å². The van der Waals surface area contributed by atoms with E-state index in [2.05, 4.69) is 0 Å². The molecule has 0 saturated carbocycles. The van der Waals surface area contributed by atoms with Crippen LogP contribution < -0.4 is 0 Å². The molecule has 0 aliphatic heterocycles. The Balaban J connectivity index is 3.12. The third-order valence-corrected chi connectivity index (χ3v) is 0.666. The normalized spacial score (nSPS) is 9.29. The lowest BCUT2D eigenvalue weighted by molar-refractivity contribution is 0.244. The Morgan fingerprint density at radius 3 is 2.57 bits per heavy atom. The van der Waals surface area contributed by atoms with Crippen molar-refractivity contribution < 1.29 is 9.59 Å². The molecule has 1 aromatic heterocycles. The summed E-state index contributed by atoms with van der Waals surface area (Å²) in [5.41, 5.74) is 0. The quantitative estimate of drug-likeness (QED) is 0.470. The summed E-state index contributed by atoms with van der Waals surface area (Å²) in [6, 6.07) is 2.50. The van der Waals surface area contributed by atoms with Gasteiger partial charge in [0.25, 0.3) is 5.88 Å². The second-order valence-corrected chi connectivity index (χ2v) is 1.16. The van der Waals surface area contributed by atoms with E-state index in [1.807, 2.05) is 0 Å². The van der Waals surface area contributed by atoms with Crippen molar-refractivity contribution in [2.75, 3.05) is 0 Å². The van der Waals surface area contributed by atoms with E-state index in [1.165, 1.54) is 6.07 Å². The summed E-state index contributed by atoms with van der Waals surface area (Å²) in [6.45, 7) is 0. The number of halogens is 1. The van der Waals surface area contributed by atoms with Crippen LogP contribution in [0.1, 0.15) is 0 Å². The Morgan fingerprint density at radius 1 is 1.71 bits per heavy atom. The third-order valence-electron chi connectivity index (χ3n) is 0.666. The standard InChI is InChI=1S/C4H3FNO/c5-6-3-1-2-4(6)7/h1-3H. The largest absolute Gasteiger partial charge is 0.278 e. The minimum atomic E-state index is -0.611. The zero-order valence-corrected chi connectivity index (χ0v) is 3.47. The van der Waals surface area contributed by atoms with E-state index >= 15 is 0 Å². The minimum absolute atomic E-state index is 0.0278. The van der Waals surface area contributed by atoms with Crippen molar-refractivity contribution in [3.05, 3.63) is 18.3 Å². The zero-order valence-electron chi connectivity index (χ0n) is 3.47. The molecule has 0 amide bonds. The first-order chi connectivity index (χ1) is 3.30. The molecule has 7 heavy (non-hydrogen) atoms. The van der Waals surface area contributed by atoms with Gasteiger partial charge < -0.3 is 0 Å². The number of nitrogens with zero attached hydrogens (tertiary/aromatic N) is 1. The third kappa shape index (κ3) is 0.559. The van der Waals surface area contributed by atoms with Crippen LogP contribution in [0.15, 0.2) is 18.3 Å². The minimum Gasteiger partial charge on any atom is -0.267 e. The summed E-state index contributed by atoms with van der Waals surface area (Å²) >= 11 is 0. The van der Waals surface area contributed by atoms with E-state index in [4.69, 9.17) is 0 Å². The first kappa shape index (κ1) is 4.18. The SMILES string of the molecule is [O]c1cccn1F. The van der Waals surface area contributed by atoms with Crippen molar-refractivity contribution >= 4 is 0 Å². The highest BCUT2D eigenvalue weighted by Crippen LogP contribution is 2.08. The molecule has 1 radical (unpaired) electrons. The molecule has 1 heterocycles. The Kier molecular flexibility index (Phi) is 0.749. The maximum absolute atomic E-state index is 11.7. The van der Waals surface area contributed by atoms with Gasteiger partial charge in [-0.05, 0) is 6.07 Å². The molecule has 0 N–H and O–H groups in total. The van der Waals surface area contributed by atoms with Gasteiger partial charge in [0.15, 0.2) is 0 Å². The summed E-state index contributed by atoms with van der Waals surface area (Å²) in [7, 11) is 0. The maximum atomic E-state index is 11.7. The molecule has 0 aliphatic carbocycles. The highest BCUT2D eigenvalue weighted by atomic mass is 19.2. The van der Waals surface area contributed by atoms with Crippen LogP contribution in [-0.4, -0.2) is 4.79 Å². The van der Waals surface area contributed by atoms with E-state index in [-0.39, 0.29) is 4.79 Å². The van der Waals surface area contributed by atoms with Gasteiger partial charge in [0.2, 0.25) is 0 Å². The maximum Gasteiger partial charge on any atom is 0.278 e. The Labute approximate surface area is 39.7 Å². The summed E-state index contributed by atoms with van der Waals surface area (Å²) in [5, 5.41) is 10.0. The van der Waals surface area contributed by atoms with Crippen LogP contribution in [0.2, 0.25) is 0 Å². The molecule has 0 saturated heterocycles. The monoisotopic (exact) mass is 100 g/mol. The van der Waals surface area contributed by atoms with E-state index < -0.39 is 5.88 Å². The van der Waals surface area contributed by atoms with Gasteiger partial charge in [-0.2, -0.15) is 0 Å². The van der Waals surface area contributed by atoms with Crippen molar-refractivity contribution in [1.29, 1.82) is 0 Å². The van der Waals surface area contributed by atoms with E-state index in [0.29, 0.717) is 0 Å². The smallest absolute Gasteiger partial charge is 0.267 e. The Morgan fingerprint density at radius 2 is 2.43 bits per heavy atom. The van der Waals surface area contributed by atoms with Gasteiger partial charge in [-0.1, -0.05) is 4.48 Å². The fourth-order valence-corrected chi connectivity index (χ4v) is 0.346. The van der Waals surface area contributed by atoms with Crippen LogP contribution in [0.4, 0.5) is 4.48 Å². The molecule has 0 unspecified atom stereocenters. The van der Waals surface area contributed by atoms with Gasteiger partial charge in [0, 0.05) is 12.3 Å². The topological polar surface area (TPSA) is 24.8 Å². The molecular weight excluding hydrogens is 97.0 g/mol. The van der Waals surface area contributed by atoms with Crippen molar-refractivity contribution in [2.24, 2.45) is 0 Å². The molecule has 0 aliphatic rings. The molecule has 2 nitrogen and oxygen atoms in total. The molecule has 0 spiro atoms. The van der Waals surface area contributed by atoms with Crippen molar-refractivity contribution in [1.82, 2.24) is 4.79 Å². The predicted octanol–water partition coefficient (Wildman–Crippen LogP) is 1.36. The molecule has 0 fully saturated rings. The number of hydrogen-bond donors (Lipinski definition) is 0. The van der Waals surface area contributed by atoms with E-state index in [1.54, 1.807) is 0 Å². The number of aromatic nitrogens is 1. The molecule has 0 aromatic carbocycles. The predicted molar refractivity (Wildman–Crippen MR) is 21.1 cm³/mol. The van der Waals surface area contributed by atoms with Gasteiger partial charge in [0.1, 0.15) is 0 Å². The molecule has 0 bridgehead atoms. The van der Waals surface area contributed by atoms with Gasteiger partial charge in [-0.15, -0.1) is 4.79 Å². The Bertz CT molecular complexity index is 144. The summed E-state index contributed by atoms with van der Waals surface area (Å²) < 4.78 is 11.7. The van der Waals surface area contributed by atoms with Gasteiger partial charge in [-0.3, -0.25) is 5.11 Å². The van der Waals surface area contributed by atoms with Gasteiger partial charge in [-0.25, -0.2) is 0 Å². The van der Waals surface area contributed by atoms with Crippen molar-refractivity contribution in [3.8, 4) is 5.88 Å². The first-order valence-electron chi connectivity index (χ1n) is 1.81. The van der Waals surface area contributed by atoms with Crippen LogP contribution >= 0.6 is 0 Å². The summed E-state index contributed by atoms with van der Waals surface area (Å²) in [5.74, 6) is -0.611. The fraction of sp³-hybridized carbons (Fsp3) is 0. The molecule has 1 rings (SSSR count). The van der Waals surface area contributed by atoms with Crippen LogP contribution in [0, 0.1) is 0 Å². The van der Waals surface area contributed by atoms with Crippen molar-refractivity contribution in [2.45, 2.75) is 0 Å². The lowest BCUT2D eigenvalue weighted by atomic mass is 10.7. The summed E-state index contributed by atoms with van der Waals surface area (Å²) in [6.07, 6.45) is 1.06. The highest BCUT2D eigenvalue weighted by molar-refractivity contribution is 5.08. The lowest BCUT2D eigenvalue weighted by Crippen LogP contribution is -1.70.